The van der Waals surface area contributed by atoms with Crippen LogP contribution in [0, 0.1) is 0 Å². The number of nitrogens with zero attached hydrogens (tertiary/aromatic N) is 3. The zero-order valence-corrected chi connectivity index (χ0v) is 14.5. The van der Waals surface area contributed by atoms with Crippen LogP contribution in [-0.2, 0) is 6.54 Å². The van der Waals surface area contributed by atoms with Gasteiger partial charge in [-0.05, 0) is 24.3 Å². The number of carbonyl (C=O) groups excluding carboxylic acids is 1. The van der Waals surface area contributed by atoms with E-state index in [1.54, 1.807) is 42.5 Å². The Hall–Kier alpha value is -3.81. The molecule has 0 radical (unpaired) electrons. The molecule has 4 rings (SSSR count). The van der Waals surface area contributed by atoms with Crippen LogP contribution in [0.15, 0.2) is 70.1 Å². The molecule has 27 heavy (non-hydrogen) atoms. The highest BCUT2D eigenvalue weighted by molar-refractivity contribution is 5.93. The number of methoxy groups -OCH3 is 1. The first-order chi connectivity index (χ1) is 13.2. The second-order valence-electron chi connectivity index (χ2n) is 5.69. The number of hydrogen-bond acceptors (Lipinski definition) is 6. The molecule has 0 saturated carbocycles. The fourth-order valence-corrected chi connectivity index (χ4v) is 2.59. The van der Waals surface area contributed by atoms with Gasteiger partial charge in [0.2, 0.25) is 5.76 Å². The maximum absolute atomic E-state index is 12.4. The van der Waals surface area contributed by atoms with Crippen molar-refractivity contribution in [1.29, 1.82) is 0 Å². The average Bonchev–Trinajstić information content (AvgIpc) is 3.47. The Kier molecular flexibility index (Phi) is 4.44. The molecule has 0 aliphatic rings. The van der Waals surface area contributed by atoms with Gasteiger partial charge in [-0.1, -0.05) is 17.3 Å². The highest BCUT2D eigenvalue weighted by Crippen LogP contribution is 2.22. The molecule has 8 nitrogen and oxygen atoms in total. The van der Waals surface area contributed by atoms with E-state index in [1.807, 2.05) is 24.3 Å². The van der Waals surface area contributed by atoms with Gasteiger partial charge in [0.05, 0.1) is 31.7 Å². The number of para-hydroxylation sites is 2. The molecule has 0 aliphatic heterocycles. The molecule has 1 aromatic carbocycles. The second-order valence-corrected chi connectivity index (χ2v) is 5.69. The van der Waals surface area contributed by atoms with Gasteiger partial charge < -0.3 is 19.0 Å². The van der Waals surface area contributed by atoms with Crippen molar-refractivity contribution < 1.29 is 18.5 Å². The Balaban J connectivity index is 1.43. The molecule has 0 atom stereocenters. The number of furan rings is 1. The molecule has 0 bridgehead atoms. The molecule has 0 aliphatic carbocycles. The summed E-state index contributed by atoms with van der Waals surface area (Å²) < 4.78 is 17.4. The summed E-state index contributed by atoms with van der Waals surface area (Å²) in [6.45, 7) is 0.225. The van der Waals surface area contributed by atoms with Crippen LogP contribution in [0.3, 0.4) is 0 Å². The van der Waals surface area contributed by atoms with Gasteiger partial charge in [0.25, 0.3) is 5.91 Å². The maximum atomic E-state index is 12.4. The molecule has 1 N–H and O–H groups in total. The van der Waals surface area contributed by atoms with Gasteiger partial charge in [0.15, 0.2) is 5.76 Å². The van der Waals surface area contributed by atoms with E-state index in [4.69, 9.17) is 13.7 Å². The zero-order valence-electron chi connectivity index (χ0n) is 14.5. The molecule has 136 valence electrons. The van der Waals surface area contributed by atoms with E-state index < -0.39 is 0 Å². The van der Waals surface area contributed by atoms with Gasteiger partial charge in [0.1, 0.15) is 17.1 Å². The first kappa shape index (κ1) is 16.6. The van der Waals surface area contributed by atoms with Gasteiger partial charge in [-0.15, -0.1) is 0 Å². The lowest BCUT2D eigenvalue weighted by atomic mass is 10.3. The number of aromatic nitrogens is 3. The molecule has 0 spiro atoms. The van der Waals surface area contributed by atoms with Gasteiger partial charge in [-0.25, -0.2) is 4.68 Å². The molecule has 4 aromatic rings. The van der Waals surface area contributed by atoms with Gasteiger partial charge >= 0.3 is 0 Å². The number of rotatable bonds is 6. The standard InChI is InChI=1S/C19H16N4O4/c1-25-16-6-3-2-5-15(16)23-12-13(10-21-23)19(24)20-11-14-9-18(27-22-14)17-7-4-8-26-17/h2-10,12H,11H2,1H3,(H,20,24). The summed E-state index contributed by atoms with van der Waals surface area (Å²) in [4.78, 5) is 12.4. The van der Waals surface area contributed by atoms with Crippen molar-refractivity contribution in [2.24, 2.45) is 0 Å². The largest absolute Gasteiger partial charge is 0.494 e. The Morgan fingerprint density at radius 1 is 1.22 bits per heavy atom. The maximum Gasteiger partial charge on any atom is 0.254 e. The summed E-state index contributed by atoms with van der Waals surface area (Å²) in [7, 11) is 1.59. The Bertz CT molecular complexity index is 1050. The smallest absolute Gasteiger partial charge is 0.254 e. The number of ether oxygens (including phenoxy) is 1. The fraction of sp³-hybridized carbons (Fsp3) is 0.105. The van der Waals surface area contributed by atoms with Crippen LogP contribution in [0.2, 0.25) is 0 Å². The van der Waals surface area contributed by atoms with E-state index in [0.29, 0.717) is 28.5 Å². The van der Waals surface area contributed by atoms with Crippen molar-refractivity contribution in [2.75, 3.05) is 7.11 Å². The predicted octanol–water partition coefficient (Wildman–Crippen LogP) is 3.06. The summed E-state index contributed by atoms with van der Waals surface area (Å²) in [6.07, 6.45) is 4.70. The van der Waals surface area contributed by atoms with E-state index in [-0.39, 0.29) is 12.5 Å². The summed E-state index contributed by atoms with van der Waals surface area (Å²) >= 11 is 0. The lowest BCUT2D eigenvalue weighted by molar-refractivity contribution is 0.0950. The highest BCUT2D eigenvalue weighted by Gasteiger charge is 2.13. The molecular weight excluding hydrogens is 348 g/mol. The van der Waals surface area contributed by atoms with Crippen molar-refractivity contribution in [1.82, 2.24) is 20.3 Å². The predicted molar refractivity (Wildman–Crippen MR) is 95.5 cm³/mol. The van der Waals surface area contributed by atoms with Crippen LogP contribution in [-0.4, -0.2) is 28.0 Å². The summed E-state index contributed by atoms with van der Waals surface area (Å²) in [6, 6.07) is 12.7. The molecular formula is C19H16N4O4. The summed E-state index contributed by atoms with van der Waals surface area (Å²) in [5.74, 6) is 1.49. The minimum absolute atomic E-state index is 0.225. The van der Waals surface area contributed by atoms with E-state index >= 15 is 0 Å². The average molecular weight is 364 g/mol. The number of benzene rings is 1. The van der Waals surface area contributed by atoms with Crippen molar-refractivity contribution in [3.05, 3.63) is 72.4 Å². The van der Waals surface area contributed by atoms with E-state index in [1.165, 1.54) is 6.20 Å². The first-order valence-corrected chi connectivity index (χ1v) is 8.20. The second kappa shape index (κ2) is 7.20. The Labute approximate surface area is 154 Å². The first-order valence-electron chi connectivity index (χ1n) is 8.20. The highest BCUT2D eigenvalue weighted by atomic mass is 16.5. The number of carbonyl (C=O) groups is 1. The van der Waals surface area contributed by atoms with Crippen LogP contribution >= 0.6 is 0 Å². The molecule has 0 saturated heterocycles. The quantitative estimate of drug-likeness (QED) is 0.565. The molecule has 8 heteroatoms. The van der Waals surface area contributed by atoms with E-state index in [9.17, 15) is 4.79 Å². The van der Waals surface area contributed by atoms with Crippen LogP contribution < -0.4 is 10.1 Å². The minimum atomic E-state index is -0.265. The van der Waals surface area contributed by atoms with Crippen molar-refractivity contribution in [3.8, 4) is 23.0 Å². The normalized spacial score (nSPS) is 10.7. The van der Waals surface area contributed by atoms with E-state index in [2.05, 4.69) is 15.6 Å². The van der Waals surface area contributed by atoms with Crippen LogP contribution in [0.25, 0.3) is 17.2 Å². The van der Waals surface area contributed by atoms with Crippen LogP contribution in [0.1, 0.15) is 16.1 Å². The fourth-order valence-electron chi connectivity index (χ4n) is 2.59. The molecule has 1 amide bonds. The SMILES string of the molecule is COc1ccccc1-n1cc(C(=O)NCc2cc(-c3ccco3)on2)cn1. The van der Waals surface area contributed by atoms with Crippen molar-refractivity contribution in [3.63, 3.8) is 0 Å². The zero-order chi connectivity index (χ0) is 18.6. The number of hydrogen-bond donors (Lipinski definition) is 1. The van der Waals surface area contributed by atoms with Crippen LogP contribution in [0.5, 0.6) is 5.75 Å². The third-order valence-corrected chi connectivity index (χ3v) is 3.93. The van der Waals surface area contributed by atoms with Gasteiger partial charge in [0, 0.05) is 12.3 Å². The van der Waals surface area contributed by atoms with Gasteiger partial charge in [-0.3, -0.25) is 4.79 Å². The lowest BCUT2D eigenvalue weighted by Crippen LogP contribution is -2.22. The Morgan fingerprint density at radius 3 is 2.93 bits per heavy atom. The Morgan fingerprint density at radius 2 is 2.11 bits per heavy atom. The topological polar surface area (TPSA) is 95.3 Å². The monoisotopic (exact) mass is 364 g/mol. The third kappa shape index (κ3) is 3.45. The molecule has 3 aromatic heterocycles. The van der Waals surface area contributed by atoms with Crippen LogP contribution in [0.4, 0.5) is 0 Å². The number of nitrogens with one attached hydrogen (secondary N) is 1. The molecule has 0 unspecified atom stereocenters. The van der Waals surface area contributed by atoms with Crippen molar-refractivity contribution >= 4 is 5.91 Å². The summed E-state index contributed by atoms with van der Waals surface area (Å²) in [5.41, 5.74) is 1.76. The minimum Gasteiger partial charge on any atom is -0.494 e. The number of amides is 1. The lowest BCUT2D eigenvalue weighted by Gasteiger charge is -2.07. The van der Waals surface area contributed by atoms with Crippen molar-refractivity contribution in [2.45, 2.75) is 6.54 Å². The molecule has 3 heterocycles. The summed E-state index contributed by atoms with van der Waals surface area (Å²) in [5, 5.41) is 11.0. The van der Waals surface area contributed by atoms with Gasteiger partial charge in [-0.2, -0.15) is 5.10 Å². The van der Waals surface area contributed by atoms with E-state index in [0.717, 1.165) is 5.69 Å². The molecule has 0 fully saturated rings. The third-order valence-electron chi connectivity index (χ3n) is 3.93.